The Kier molecular flexibility index (Phi) is 5.48. The van der Waals surface area contributed by atoms with Crippen LogP contribution in [0.3, 0.4) is 0 Å². The summed E-state index contributed by atoms with van der Waals surface area (Å²) in [5, 5.41) is 5.62. The first-order valence-corrected chi connectivity index (χ1v) is 10.9. The molecule has 0 N–H and O–H groups in total. The molecule has 0 aliphatic rings. The van der Waals surface area contributed by atoms with E-state index in [2.05, 4.69) is 9.72 Å². The number of fused-ring (bicyclic) bond motifs is 1. The lowest BCUT2D eigenvalue weighted by Crippen LogP contribution is -2.05. The predicted molar refractivity (Wildman–Crippen MR) is 129 cm³/mol. The van der Waals surface area contributed by atoms with Crippen LogP contribution in [0, 0.1) is 6.92 Å². The third-order valence-corrected chi connectivity index (χ3v) is 6.07. The molecule has 0 bridgehead atoms. The molecule has 0 aliphatic heterocycles. The van der Waals surface area contributed by atoms with Crippen LogP contribution >= 0.6 is 11.6 Å². The second-order valence-corrected chi connectivity index (χ2v) is 8.26. The molecule has 5 aromatic rings. The van der Waals surface area contributed by atoms with Crippen molar-refractivity contribution in [2.24, 2.45) is 0 Å². The molecule has 5 nitrogen and oxygen atoms in total. The Labute approximate surface area is 196 Å². The van der Waals surface area contributed by atoms with Gasteiger partial charge in [-0.3, -0.25) is 4.79 Å². The second-order valence-electron chi connectivity index (χ2n) is 7.83. The molecule has 0 aliphatic carbocycles. The van der Waals surface area contributed by atoms with Crippen molar-refractivity contribution in [1.82, 2.24) is 9.72 Å². The van der Waals surface area contributed by atoms with E-state index in [-0.39, 0.29) is 11.5 Å². The van der Waals surface area contributed by atoms with Gasteiger partial charge in [-0.1, -0.05) is 59.2 Å². The Bertz CT molecular complexity index is 1450. The molecule has 0 saturated carbocycles. The molecule has 0 amide bonds. The third-order valence-electron chi connectivity index (χ3n) is 5.82. The van der Waals surface area contributed by atoms with E-state index in [4.69, 9.17) is 20.9 Å². The summed E-state index contributed by atoms with van der Waals surface area (Å²) in [4.78, 5) is 13.6. The van der Waals surface area contributed by atoms with Gasteiger partial charge in [-0.05, 0) is 42.8 Å². The van der Waals surface area contributed by atoms with Crippen molar-refractivity contribution < 1.29 is 14.1 Å². The third kappa shape index (κ3) is 3.92. The van der Waals surface area contributed by atoms with E-state index in [1.54, 1.807) is 13.2 Å². The minimum Gasteiger partial charge on any atom is -0.497 e. The summed E-state index contributed by atoms with van der Waals surface area (Å²) in [6.07, 6.45) is 0. The van der Waals surface area contributed by atoms with E-state index >= 15 is 0 Å². The van der Waals surface area contributed by atoms with Gasteiger partial charge >= 0.3 is 0 Å². The molecule has 0 atom stereocenters. The summed E-state index contributed by atoms with van der Waals surface area (Å²) < 4.78 is 13.0. The van der Waals surface area contributed by atoms with Crippen LogP contribution in [-0.4, -0.2) is 22.6 Å². The summed E-state index contributed by atoms with van der Waals surface area (Å²) in [7, 11) is 1.61. The zero-order valence-corrected chi connectivity index (χ0v) is 19.0. The summed E-state index contributed by atoms with van der Waals surface area (Å²) >= 11 is 6.05. The Hall–Kier alpha value is -3.83. The lowest BCUT2D eigenvalue weighted by atomic mass is 10.0. The number of hydrogen-bond acceptors (Lipinski definition) is 4. The predicted octanol–water partition coefficient (Wildman–Crippen LogP) is 6.55. The normalized spacial score (nSPS) is 11.1. The van der Waals surface area contributed by atoms with Crippen LogP contribution in [0.1, 0.15) is 27.4 Å². The number of rotatable bonds is 6. The first-order chi connectivity index (χ1) is 16.0. The molecule has 3 aromatic carbocycles. The van der Waals surface area contributed by atoms with Gasteiger partial charge in [-0.15, -0.1) is 0 Å². The molecule has 2 heterocycles. The zero-order chi connectivity index (χ0) is 22.9. The number of halogens is 1. The summed E-state index contributed by atoms with van der Waals surface area (Å²) in [6, 6.07) is 24.8. The smallest absolute Gasteiger partial charge is 0.233 e. The van der Waals surface area contributed by atoms with Gasteiger partial charge in [0.1, 0.15) is 11.4 Å². The highest BCUT2D eigenvalue weighted by atomic mass is 35.5. The molecule has 0 unspecified atom stereocenters. The van der Waals surface area contributed by atoms with Gasteiger partial charge in [0, 0.05) is 39.8 Å². The topological polar surface area (TPSA) is 57.3 Å². The number of methoxy groups -OCH3 is 1. The molecular formula is C27H21ClN2O3. The van der Waals surface area contributed by atoms with Crippen LogP contribution in [0.25, 0.3) is 22.2 Å². The molecule has 5 rings (SSSR count). The monoisotopic (exact) mass is 456 g/mol. The van der Waals surface area contributed by atoms with Gasteiger partial charge in [0.05, 0.1) is 12.7 Å². The maximum Gasteiger partial charge on any atom is 0.233 e. The van der Waals surface area contributed by atoms with E-state index in [1.807, 2.05) is 79.7 Å². The average Bonchev–Trinajstić information content (AvgIpc) is 3.44. The standard InChI is InChI=1S/C27H21ClN2O3/c1-17-26(27(31)25-15-23(29-33-25)19-6-4-3-5-7-19)22-14-21(32-2)12-13-24(22)30(17)16-18-8-10-20(28)11-9-18/h3-15H,16H2,1-2H3. The number of nitrogens with zero attached hydrogens (tertiary/aromatic N) is 2. The van der Waals surface area contributed by atoms with Crippen LogP contribution in [0.5, 0.6) is 5.75 Å². The molecule has 0 radical (unpaired) electrons. The van der Waals surface area contributed by atoms with Gasteiger partial charge < -0.3 is 13.8 Å². The number of ketones is 1. The lowest BCUT2D eigenvalue weighted by molar-refractivity contribution is 0.100. The van der Waals surface area contributed by atoms with Gasteiger partial charge in [0.2, 0.25) is 11.5 Å². The van der Waals surface area contributed by atoms with E-state index in [0.717, 1.165) is 27.7 Å². The number of benzene rings is 3. The van der Waals surface area contributed by atoms with Crippen molar-refractivity contribution in [1.29, 1.82) is 0 Å². The minimum absolute atomic E-state index is 0.199. The molecule has 33 heavy (non-hydrogen) atoms. The second kappa shape index (κ2) is 8.60. The first-order valence-electron chi connectivity index (χ1n) is 10.5. The first kappa shape index (κ1) is 21.0. The van der Waals surface area contributed by atoms with Crippen LogP contribution in [0.15, 0.2) is 83.4 Å². The zero-order valence-electron chi connectivity index (χ0n) is 18.2. The number of ether oxygens (including phenoxy) is 1. The molecule has 0 spiro atoms. The Morgan fingerprint density at radius 2 is 1.79 bits per heavy atom. The van der Waals surface area contributed by atoms with E-state index in [1.165, 1.54) is 0 Å². The van der Waals surface area contributed by atoms with Gasteiger partial charge in [0.25, 0.3) is 0 Å². The maximum atomic E-state index is 13.6. The van der Waals surface area contributed by atoms with Crippen molar-refractivity contribution in [3.05, 3.63) is 106 Å². The average molecular weight is 457 g/mol. The number of carbonyl (C=O) groups excluding carboxylic acids is 1. The van der Waals surface area contributed by atoms with Gasteiger partial charge in [-0.2, -0.15) is 0 Å². The quantitative estimate of drug-likeness (QED) is 0.272. The van der Waals surface area contributed by atoms with Crippen LogP contribution in [-0.2, 0) is 6.54 Å². The SMILES string of the molecule is COc1ccc2c(c1)c(C(=O)c1cc(-c3ccccc3)no1)c(C)n2Cc1ccc(Cl)cc1. The molecule has 2 aromatic heterocycles. The fourth-order valence-electron chi connectivity index (χ4n) is 4.10. The molecular weight excluding hydrogens is 436 g/mol. The molecule has 0 saturated heterocycles. The van der Waals surface area contributed by atoms with Crippen LogP contribution < -0.4 is 4.74 Å². The van der Waals surface area contributed by atoms with Crippen LogP contribution in [0.2, 0.25) is 5.02 Å². The number of aromatic nitrogens is 2. The summed E-state index contributed by atoms with van der Waals surface area (Å²) in [5.74, 6) is 0.670. The Morgan fingerprint density at radius 1 is 1.03 bits per heavy atom. The van der Waals surface area contributed by atoms with Crippen molar-refractivity contribution in [3.8, 4) is 17.0 Å². The molecule has 0 fully saturated rings. The highest BCUT2D eigenvalue weighted by Crippen LogP contribution is 2.32. The highest BCUT2D eigenvalue weighted by Gasteiger charge is 2.25. The summed E-state index contributed by atoms with van der Waals surface area (Å²) in [6.45, 7) is 2.55. The van der Waals surface area contributed by atoms with Crippen molar-refractivity contribution in [3.63, 3.8) is 0 Å². The molecule has 164 valence electrons. The maximum absolute atomic E-state index is 13.6. The fourth-order valence-corrected chi connectivity index (χ4v) is 4.23. The van der Waals surface area contributed by atoms with Crippen molar-refractivity contribution in [2.75, 3.05) is 7.11 Å². The van der Waals surface area contributed by atoms with Crippen molar-refractivity contribution in [2.45, 2.75) is 13.5 Å². The Balaban J connectivity index is 1.61. The fraction of sp³-hybridized carbons (Fsp3) is 0.111. The Morgan fingerprint density at radius 3 is 2.52 bits per heavy atom. The summed E-state index contributed by atoms with van der Waals surface area (Å²) in [5.41, 5.74) is 4.96. The van der Waals surface area contributed by atoms with Gasteiger partial charge in [-0.25, -0.2) is 0 Å². The number of carbonyl (C=O) groups is 1. The minimum atomic E-state index is -0.213. The van der Waals surface area contributed by atoms with E-state index < -0.39 is 0 Å². The lowest BCUT2D eigenvalue weighted by Gasteiger charge is -2.09. The van der Waals surface area contributed by atoms with E-state index in [9.17, 15) is 4.79 Å². The van der Waals surface area contributed by atoms with Crippen LogP contribution in [0.4, 0.5) is 0 Å². The molecule has 6 heteroatoms. The van der Waals surface area contributed by atoms with E-state index in [0.29, 0.717) is 28.6 Å². The van der Waals surface area contributed by atoms with Crippen molar-refractivity contribution >= 4 is 28.3 Å². The van der Waals surface area contributed by atoms with Gasteiger partial charge in [0.15, 0.2) is 0 Å². The highest BCUT2D eigenvalue weighted by molar-refractivity contribution is 6.30. The largest absolute Gasteiger partial charge is 0.497 e. The number of hydrogen-bond donors (Lipinski definition) is 0.